The fraction of sp³-hybridized carbons (Fsp3) is 0.0345. The van der Waals surface area contributed by atoms with Crippen LogP contribution in [-0.4, -0.2) is 18.3 Å². The molecule has 0 saturated carbocycles. The molecule has 0 fully saturated rings. The minimum absolute atomic E-state index is 0.0198. The van der Waals surface area contributed by atoms with E-state index in [-0.39, 0.29) is 33.3 Å². The highest BCUT2D eigenvalue weighted by molar-refractivity contribution is 6.16. The molecule has 4 aromatic heterocycles. The van der Waals surface area contributed by atoms with E-state index < -0.39 is 23.5 Å². The molecule has 6 nitrogen and oxygen atoms in total. The Morgan fingerprint density at radius 2 is 0.529 bits per heavy atom. The third-order valence-corrected chi connectivity index (χ3v) is 13.7. The minimum atomic E-state index is -4.68. The zero-order valence-corrected chi connectivity index (χ0v) is 36.3. The number of rotatable bonds is 4. The molecule has 0 aliphatic heterocycles. The van der Waals surface area contributed by atoms with Gasteiger partial charge in [-0.3, -0.25) is 0 Å². The van der Waals surface area contributed by atoms with Gasteiger partial charge in [0, 0.05) is 43.1 Å². The van der Waals surface area contributed by atoms with E-state index in [0.29, 0.717) is 66.3 Å². The summed E-state index contributed by atoms with van der Waals surface area (Å²) in [5, 5.41) is 29.1. The second-order valence-corrected chi connectivity index (χ2v) is 17.3. The van der Waals surface area contributed by atoms with Crippen LogP contribution in [0.4, 0.5) is 26.3 Å². The highest BCUT2D eigenvalue weighted by Gasteiger charge is 2.37. The van der Waals surface area contributed by atoms with Gasteiger partial charge in [-0.15, -0.1) is 0 Å². The molecule has 0 bridgehead atoms. The number of nitriles is 2. The minimum Gasteiger partial charge on any atom is -0.306 e. The van der Waals surface area contributed by atoms with Crippen LogP contribution < -0.4 is 0 Å². The smallest absolute Gasteiger partial charge is 0.306 e. The Labute approximate surface area is 392 Å². The van der Waals surface area contributed by atoms with Crippen molar-refractivity contribution in [2.45, 2.75) is 12.4 Å². The van der Waals surface area contributed by atoms with E-state index in [4.69, 9.17) is 0 Å². The average molecular weight is 925 g/mol. The molecule has 13 rings (SSSR count). The number of fused-ring (bicyclic) bond motifs is 12. The molecule has 0 unspecified atom stereocenters. The summed E-state index contributed by atoms with van der Waals surface area (Å²) in [5.41, 5.74) is 3.59. The highest BCUT2D eigenvalue weighted by atomic mass is 19.4. The SMILES string of the molecule is N#Cc1c(-n2c3ccccc3c3cc(C(F)(F)F)ccc32)c(C#N)c(-n2c3ccccc3c3cc(C(F)(F)F)ccc32)c(-n2c3ccccc3c3ccccc32)c1-n1c2ccccc2c2ccccc21. The lowest BCUT2D eigenvalue weighted by molar-refractivity contribution is -0.138. The molecule has 0 spiro atoms. The van der Waals surface area contributed by atoms with Crippen molar-refractivity contribution in [3.8, 4) is 34.9 Å². The number of halogens is 6. The number of aromatic nitrogens is 4. The Morgan fingerprint density at radius 1 is 0.286 bits per heavy atom. The molecule has 12 heteroatoms. The van der Waals surface area contributed by atoms with Crippen molar-refractivity contribution in [2.24, 2.45) is 0 Å². The van der Waals surface area contributed by atoms with E-state index in [0.717, 1.165) is 45.8 Å². The third-order valence-electron chi connectivity index (χ3n) is 13.7. The van der Waals surface area contributed by atoms with E-state index >= 15 is 0 Å². The van der Waals surface area contributed by atoms with Gasteiger partial charge in [0.1, 0.15) is 23.3 Å². The van der Waals surface area contributed by atoms with Crippen LogP contribution >= 0.6 is 0 Å². The molecule has 334 valence electrons. The molecule has 4 heterocycles. The normalized spacial score (nSPS) is 12.4. The molecular weight excluding hydrogens is 895 g/mol. The third kappa shape index (κ3) is 5.62. The average Bonchev–Trinajstić information content (AvgIpc) is 4.09. The summed E-state index contributed by atoms with van der Waals surface area (Å²) >= 11 is 0. The Balaban J connectivity index is 1.37. The zero-order chi connectivity index (χ0) is 47.8. The fourth-order valence-corrected chi connectivity index (χ4v) is 10.9. The van der Waals surface area contributed by atoms with Gasteiger partial charge in [0.25, 0.3) is 0 Å². The number of hydrogen-bond acceptors (Lipinski definition) is 2. The quantitative estimate of drug-likeness (QED) is 0.165. The molecule has 0 N–H and O–H groups in total. The predicted octanol–water partition coefficient (Wildman–Crippen LogP) is 15.9. The van der Waals surface area contributed by atoms with Crippen LogP contribution in [0.15, 0.2) is 182 Å². The van der Waals surface area contributed by atoms with Crippen molar-refractivity contribution in [3.63, 3.8) is 0 Å². The Bertz CT molecular complexity index is 4380. The Kier molecular flexibility index (Phi) is 8.56. The molecule has 0 saturated heterocycles. The lowest BCUT2D eigenvalue weighted by Crippen LogP contribution is -2.17. The van der Waals surface area contributed by atoms with Crippen LogP contribution in [-0.2, 0) is 12.4 Å². The second kappa shape index (κ2) is 14.6. The largest absolute Gasteiger partial charge is 0.416 e. The van der Waals surface area contributed by atoms with Crippen molar-refractivity contribution in [3.05, 3.63) is 204 Å². The van der Waals surface area contributed by atoms with E-state index in [9.17, 15) is 36.9 Å². The predicted molar refractivity (Wildman–Crippen MR) is 263 cm³/mol. The van der Waals surface area contributed by atoms with E-state index in [1.807, 2.05) is 106 Å². The van der Waals surface area contributed by atoms with Crippen molar-refractivity contribution in [2.75, 3.05) is 0 Å². The monoisotopic (exact) mass is 924 g/mol. The van der Waals surface area contributed by atoms with Gasteiger partial charge in [-0.05, 0) is 72.8 Å². The first-order valence-corrected chi connectivity index (χ1v) is 22.2. The van der Waals surface area contributed by atoms with Crippen LogP contribution in [0.25, 0.3) is 110 Å². The first-order valence-electron chi connectivity index (χ1n) is 22.2. The summed E-state index contributed by atoms with van der Waals surface area (Å²) in [6.45, 7) is 0. The molecule has 0 radical (unpaired) electrons. The molecule has 9 aromatic carbocycles. The second-order valence-electron chi connectivity index (χ2n) is 17.3. The summed E-state index contributed by atoms with van der Waals surface area (Å²) < 4.78 is 95.1. The summed E-state index contributed by atoms with van der Waals surface area (Å²) in [6, 6.07) is 57.1. The summed E-state index contributed by atoms with van der Waals surface area (Å²) in [5.74, 6) is 0. The number of nitrogens with zero attached hydrogens (tertiary/aromatic N) is 6. The maximum atomic E-state index is 14.7. The van der Waals surface area contributed by atoms with Crippen molar-refractivity contribution in [1.29, 1.82) is 10.5 Å². The van der Waals surface area contributed by atoms with Crippen molar-refractivity contribution in [1.82, 2.24) is 18.3 Å². The first kappa shape index (κ1) is 41.0. The number of benzene rings is 9. The van der Waals surface area contributed by atoms with Gasteiger partial charge in [0.05, 0.1) is 78.0 Å². The van der Waals surface area contributed by atoms with Crippen LogP contribution in [0, 0.1) is 22.7 Å². The maximum absolute atomic E-state index is 14.7. The van der Waals surface area contributed by atoms with E-state index in [2.05, 4.69) is 12.1 Å². The molecule has 0 atom stereocenters. The van der Waals surface area contributed by atoms with Crippen molar-refractivity contribution < 1.29 is 26.3 Å². The van der Waals surface area contributed by atoms with Gasteiger partial charge in [-0.25, -0.2) is 0 Å². The Hall–Kier alpha value is -9.26. The van der Waals surface area contributed by atoms with Gasteiger partial charge in [-0.1, -0.05) is 109 Å². The van der Waals surface area contributed by atoms with Crippen LogP contribution in [0.1, 0.15) is 22.3 Å². The maximum Gasteiger partial charge on any atom is 0.416 e. The lowest BCUT2D eigenvalue weighted by atomic mass is 9.98. The van der Waals surface area contributed by atoms with Crippen LogP contribution in [0.5, 0.6) is 0 Å². The Morgan fingerprint density at radius 3 is 0.814 bits per heavy atom. The van der Waals surface area contributed by atoms with Gasteiger partial charge >= 0.3 is 12.4 Å². The number of alkyl halides is 6. The fourth-order valence-electron chi connectivity index (χ4n) is 10.9. The van der Waals surface area contributed by atoms with Gasteiger partial charge in [-0.2, -0.15) is 36.9 Å². The van der Waals surface area contributed by atoms with Crippen LogP contribution in [0.3, 0.4) is 0 Å². The highest BCUT2D eigenvalue weighted by Crippen LogP contribution is 2.49. The van der Waals surface area contributed by atoms with E-state index in [1.165, 1.54) is 12.1 Å². The molecule has 0 aliphatic rings. The summed E-state index contributed by atoms with van der Waals surface area (Å²) in [4.78, 5) is 0. The van der Waals surface area contributed by atoms with Crippen LogP contribution in [0.2, 0.25) is 0 Å². The molecular formula is C58H30F6N6. The number of para-hydroxylation sites is 6. The topological polar surface area (TPSA) is 67.3 Å². The summed E-state index contributed by atoms with van der Waals surface area (Å²) in [7, 11) is 0. The number of hydrogen-bond donors (Lipinski definition) is 0. The standard InChI is InChI=1S/C58H30F6N6/c59-57(60,61)33-25-27-51-41(29-33)39-17-5-11-23-49(39)67(51)53-43(31-65)54(68-45-19-7-1-13-35(45)36-14-2-8-20-46(36)68)56(70-47-21-9-3-15-37(47)38-16-4-10-22-48(38)70)55(44(53)32-66)69-50-24-12-6-18-40(50)42-30-34(58(62,63)64)26-28-52(42)69/h1-30H. The molecule has 13 aromatic rings. The first-order chi connectivity index (χ1) is 34.0. The van der Waals surface area contributed by atoms with Gasteiger partial charge < -0.3 is 18.3 Å². The molecule has 70 heavy (non-hydrogen) atoms. The van der Waals surface area contributed by atoms with Gasteiger partial charge in [0.2, 0.25) is 0 Å². The molecule has 0 amide bonds. The molecule has 0 aliphatic carbocycles. The van der Waals surface area contributed by atoms with E-state index in [1.54, 1.807) is 57.7 Å². The zero-order valence-electron chi connectivity index (χ0n) is 36.3. The lowest BCUT2D eigenvalue weighted by Gasteiger charge is -2.27. The summed E-state index contributed by atoms with van der Waals surface area (Å²) in [6.07, 6.45) is -9.37. The van der Waals surface area contributed by atoms with Crippen molar-refractivity contribution >= 4 is 87.2 Å². The van der Waals surface area contributed by atoms with Gasteiger partial charge in [0.15, 0.2) is 0 Å².